The first-order valence-corrected chi connectivity index (χ1v) is 13.2. The second-order valence-electron chi connectivity index (χ2n) is 8.46. The first kappa shape index (κ1) is 24.8. The fourth-order valence-corrected chi connectivity index (χ4v) is 5.66. The molecule has 0 aromatic heterocycles. The van der Waals surface area contributed by atoms with Crippen molar-refractivity contribution in [1.29, 1.82) is 0 Å². The zero-order valence-corrected chi connectivity index (χ0v) is 20.9. The lowest BCUT2D eigenvalue weighted by molar-refractivity contribution is 0.0785. The third-order valence-electron chi connectivity index (χ3n) is 6.10. The normalized spacial score (nSPS) is 13.9. The maximum Gasteiger partial charge on any atom is 0.264 e. The Kier molecular flexibility index (Phi) is 7.73. The number of carbonyl (C=O) groups is 1. The van der Waals surface area contributed by atoms with Crippen LogP contribution in [0.3, 0.4) is 0 Å². The van der Waals surface area contributed by atoms with E-state index in [1.54, 1.807) is 55.3 Å². The summed E-state index contributed by atoms with van der Waals surface area (Å²) >= 11 is 0. The van der Waals surface area contributed by atoms with Crippen molar-refractivity contribution in [1.82, 2.24) is 4.90 Å². The van der Waals surface area contributed by atoms with Gasteiger partial charge < -0.3 is 14.5 Å². The smallest absolute Gasteiger partial charge is 0.264 e. The van der Waals surface area contributed by atoms with Gasteiger partial charge in [-0.2, -0.15) is 0 Å². The van der Waals surface area contributed by atoms with Crippen LogP contribution in [-0.4, -0.2) is 59.1 Å². The van der Waals surface area contributed by atoms with E-state index >= 15 is 0 Å². The lowest BCUT2D eigenvalue weighted by Crippen LogP contribution is -2.36. The molecule has 35 heavy (non-hydrogen) atoms. The molecule has 7 nitrogen and oxygen atoms in total. The molecule has 0 unspecified atom stereocenters. The number of hydrogen-bond donors (Lipinski definition) is 0. The van der Waals surface area contributed by atoms with Gasteiger partial charge in [-0.15, -0.1) is 0 Å². The zero-order chi connectivity index (χ0) is 24.8. The average molecular weight is 494 g/mol. The largest absolute Gasteiger partial charge is 0.378 e. The van der Waals surface area contributed by atoms with Crippen LogP contribution < -0.4 is 9.21 Å². The van der Waals surface area contributed by atoms with Crippen LogP contribution in [0, 0.1) is 0 Å². The number of morpholine rings is 1. The highest BCUT2D eigenvalue weighted by molar-refractivity contribution is 7.92. The van der Waals surface area contributed by atoms with Gasteiger partial charge in [0.15, 0.2) is 0 Å². The summed E-state index contributed by atoms with van der Waals surface area (Å²) in [6, 6.07) is 23.4. The lowest BCUT2D eigenvalue weighted by Gasteiger charge is -2.29. The highest BCUT2D eigenvalue weighted by Gasteiger charge is 2.24. The number of hydrogen-bond acceptors (Lipinski definition) is 5. The highest BCUT2D eigenvalue weighted by atomic mass is 32.2. The van der Waals surface area contributed by atoms with Gasteiger partial charge in [-0.05, 0) is 61.0 Å². The Morgan fingerprint density at radius 3 is 2.14 bits per heavy atom. The molecule has 3 aromatic carbocycles. The van der Waals surface area contributed by atoms with Gasteiger partial charge in [0.25, 0.3) is 15.9 Å². The molecule has 1 aliphatic rings. The number of anilines is 2. The molecule has 1 saturated heterocycles. The van der Waals surface area contributed by atoms with Crippen molar-refractivity contribution in [2.45, 2.75) is 18.4 Å². The van der Waals surface area contributed by atoms with E-state index in [-0.39, 0.29) is 10.8 Å². The summed E-state index contributed by atoms with van der Waals surface area (Å²) in [6.45, 7) is 5.80. The van der Waals surface area contributed by atoms with Gasteiger partial charge in [-0.1, -0.05) is 30.3 Å². The van der Waals surface area contributed by atoms with E-state index in [1.165, 1.54) is 16.4 Å². The van der Waals surface area contributed by atoms with Gasteiger partial charge in [0.2, 0.25) is 0 Å². The molecule has 0 bridgehead atoms. The fraction of sp³-hybridized carbons (Fsp3) is 0.296. The molecule has 0 aliphatic carbocycles. The van der Waals surface area contributed by atoms with Crippen LogP contribution in [0.4, 0.5) is 11.4 Å². The van der Waals surface area contributed by atoms with E-state index in [4.69, 9.17) is 4.74 Å². The number of benzene rings is 3. The summed E-state index contributed by atoms with van der Waals surface area (Å²) in [5.41, 5.74) is 3.23. The van der Waals surface area contributed by atoms with E-state index in [1.807, 2.05) is 18.2 Å². The minimum atomic E-state index is -3.73. The number of sulfonamides is 1. The van der Waals surface area contributed by atoms with Gasteiger partial charge in [0.1, 0.15) is 0 Å². The first-order chi connectivity index (χ1) is 16.9. The molecule has 1 fully saturated rings. The van der Waals surface area contributed by atoms with Crippen molar-refractivity contribution in [3.8, 4) is 0 Å². The molecule has 0 saturated carbocycles. The molecule has 0 N–H and O–H groups in total. The molecule has 1 aliphatic heterocycles. The standard InChI is InChI=1S/C27H31N3O4S/c1-3-30(25-7-5-4-6-8-25)35(32,33)26-15-11-23(12-16-26)27(31)28(2)21-22-9-13-24(14-10-22)29-17-19-34-20-18-29/h4-16H,3,17-21H2,1-2H3. The van der Waals surface area contributed by atoms with E-state index < -0.39 is 10.0 Å². The predicted molar refractivity (Wildman–Crippen MR) is 138 cm³/mol. The number of para-hydroxylation sites is 1. The fourth-order valence-electron chi connectivity index (χ4n) is 4.18. The molecule has 4 rings (SSSR count). The molecule has 8 heteroatoms. The van der Waals surface area contributed by atoms with Gasteiger partial charge in [0, 0.05) is 44.5 Å². The molecule has 184 valence electrons. The van der Waals surface area contributed by atoms with Crippen LogP contribution in [0.1, 0.15) is 22.8 Å². The van der Waals surface area contributed by atoms with Gasteiger partial charge in [-0.25, -0.2) is 8.42 Å². The molecular formula is C27H31N3O4S. The Morgan fingerprint density at radius 2 is 1.54 bits per heavy atom. The maximum absolute atomic E-state index is 13.2. The van der Waals surface area contributed by atoms with Crippen LogP contribution in [0.25, 0.3) is 0 Å². The number of nitrogens with zero attached hydrogens (tertiary/aromatic N) is 3. The molecule has 0 atom stereocenters. The Hall–Kier alpha value is -3.36. The van der Waals surface area contributed by atoms with Crippen LogP contribution in [0.5, 0.6) is 0 Å². The summed E-state index contributed by atoms with van der Waals surface area (Å²) in [6.07, 6.45) is 0. The maximum atomic E-state index is 13.2. The number of rotatable bonds is 8. The molecule has 0 spiro atoms. The van der Waals surface area contributed by atoms with Crippen molar-refractivity contribution in [3.05, 3.63) is 90.0 Å². The molecule has 1 amide bonds. The number of amides is 1. The van der Waals surface area contributed by atoms with E-state index in [9.17, 15) is 13.2 Å². The summed E-state index contributed by atoms with van der Waals surface area (Å²) in [4.78, 5) is 17.1. The zero-order valence-electron chi connectivity index (χ0n) is 20.1. The third kappa shape index (κ3) is 5.66. The summed E-state index contributed by atoms with van der Waals surface area (Å²) in [5, 5.41) is 0. The second kappa shape index (κ2) is 10.9. The van der Waals surface area contributed by atoms with Crippen molar-refractivity contribution in [2.75, 3.05) is 49.1 Å². The average Bonchev–Trinajstić information content (AvgIpc) is 2.90. The molecule has 1 heterocycles. The Balaban J connectivity index is 1.42. The van der Waals surface area contributed by atoms with Gasteiger partial charge in [0.05, 0.1) is 23.8 Å². The third-order valence-corrected chi connectivity index (χ3v) is 8.02. The molecular weight excluding hydrogens is 462 g/mol. The lowest BCUT2D eigenvalue weighted by atomic mass is 10.1. The molecule has 0 radical (unpaired) electrons. The van der Waals surface area contributed by atoms with Crippen molar-refractivity contribution >= 4 is 27.3 Å². The van der Waals surface area contributed by atoms with Crippen molar-refractivity contribution in [2.24, 2.45) is 0 Å². The van der Waals surface area contributed by atoms with Crippen LogP contribution in [0.2, 0.25) is 0 Å². The minimum Gasteiger partial charge on any atom is -0.378 e. The van der Waals surface area contributed by atoms with Gasteiger partial charge in [-0.3, -0.25) is 9.10 Å². The summed E-state index contributed by atoms with van der Waals surface area (Å²) in [5.74, 6) is -0.165. The Bertz CT molecular complexity index is 1220. The number of ether oxygens (including phenoxy) is 1. The van der Waals surface area contributed by atoms with Crippen LogP contribution in [-0.2, 0) is 21.3 Å². The number of carbonyl (C=O) groups excluding carboxylic acids is 1. The monoisotopic (exact) mass is 493 g/mol. The van der Waals surface area contributed by atoms with Crippen molar-refractivity contribution in [3.63, 3.8) is 0 Å². The SMILES string of the molecule is CCN(c1ccccc1)S(=O)(=O)c1ccc(C(=O)N(C)Cc2ccc(N3CCOCC3)cc2)cc1. The molecule has 3 aromatic rings. The predicted octanol–water partition coefficient (Wildman–Crippen LogP) is 4.01. The minimum absolute atomic E-state index is 0.154. The van der Waals surface area contributed by atoms with Crippen LogP contribution >= 0.6 is 0 Å². The Morgan fingerprint density at radius 1 is 0.914 bits per heavy atom. The van der Waals surface area contributed by atoms with Crippen molar-refractivity contribution < 1.29 is 17.9 Å². The van der Waals surface area contributed by atoms with Crippen LogP contribution in [0.15, 0.2) is 83.8 Å². The van der Waals surface area contributed by atoms with E-state index in [0.29, 0.717) is 24.3 Å². The highest BCUT2D eigenvalue weighted by Crippen LogP contribution is 2.24. The Labute approximate surface area is 207 Å². The quantitative estimate of drug-likeness (QED) is 0.474. The topological polar surface area (TPSA) is 70.2 Å². The van der Waals surface area contributed by atoms with E-state index in [0.717, 1.165) is 37.6 Å². The second-order valence-corrected chi connectivity index (χ2v) is 10.3. The van der Waals surface area contributed by atoms with Gasteiger partial charge >= 0.3 is 0 Å². The summed E-state index contributed by atoms with van der Waals surface area (Å²) in [7, 11) is -1.99. The van der Waals surface area contributed by atoms with E-state index in [2.05, 4.69) is 17.0 Å². The first-order valence-electron chi connectivity index (χ1n) is 11.7. The summed E-state index contributed by atoms with van der Waals surface area (Å²) < 4.78 is 33.1.